The molecule has 0 unspecified atom stereocenters. The zero-order chi connectivity index (χ0) is 25.9. The maximum absolute atomic E-state index is 12.7. The summed E-state index contributed by atoms with van der Waals surface area (Å²) in [6, 6.07) is 13.4. The van der Waals surface area contributed by atoms with E-state index in [4.69, 9.17) is 16.3 Å². The SMILES string of the molecule is CC.CN1C=C2COc3cc(Nc4ncc(Cl)c(Nc5ccccc5P(C)(C)=O)n4)ccc3N2CC1. The van der Waals surface area contributed by atoms with Gasteiger partial charge in [-0.05, 0) is 37.6 Å². The third kappa shape index (κ3) is 5.61. The van der Waals surface area contributed by atoms with Crippen molar-refractivity contribution >= 4 is 52.9 Å². The minimum atomic E-state index is -2.49. The number of ether oxygens (including phenoxy) is 1. The lowest BCUT2D eigenvalue weighted by atomic mass is 10.1. The molecule has 2 aliphatic heterocycles. The van der Waals surface area contributed by atoms with Crippen molar-refractivity contribution in [2.75, 3.05) is 55.6 Å². The molecule has 0 amide bonds. The van der Waals surface area contributed by atoms with E-state index in [1.54, 1.807) is 13.3 Å². The van der Waals surface area contributed by atoms with E-state index in [0.29, 0.717) is 29.1 Å². The number of halogens is 1. The van der Waals surface area contributed by atoms with Gasteiger partial charge in [-0.1, -0.05) is 37.6 Å². The number of para-hydroxylation sites is 1. The Morgan fingerprint density at radius 2 is 1.86 bits per heavy atom. The Hall–Kier alpha value is -3.22. The molecule has 8 nitrogen and oxygen atoms in total. The Morgan fingerprint density at radius 3 is 2.64 bits per heavy atom. The molecule has 0 fully saturated rings. The molecule has 10 heteroatoms. The average molecular weight is 527 g/mol. The molecule has 3 heterocycles. The van der Waals surface area contributed by atoms with E-state index < -0.39 is 7.14 Å². The minimum Gasteiger partial charge on any atom is -0.485 e. The summed E-state index contributed by atoms with van der Waals surface area (Å²) in [5.74, 6) is 1.63. The van der Waals surface area contributed by atoms with Crippen LogP contribution >= 0.6 is 18.7 Å². The van der Waals surface area contributed by atoms with Crippen LogP contribution in [0.3, 0.4) is 0 Å². The number of fused-ring (bicyclic) bond motifs is 3. The van der Waals surface area contributed by atoms with Crippen molar-refractivity contribution in [3.63, 3.8) is 0 Å². The lowest BCUT2D eigenvalue weighted by Gasteiger charge is -2.38. The van der Waals surface area contributed by atoms with Gasteiger partial charge in [0, 0.05) is 43.4 Å². The molecule has 36 heavy (non-hydrogen) atoms. The molecular formula is C26H32ClN6O2P. The van der Waals surface area contributed by atoms with Crippen molar-refractivity contribution in [3.05, 3.63) is 65.6 Å². The first kappa shape index (κ1) is 25.9. The lowest BCUT2D eigenvalue weighted by molar-refractivity contribution is 0.316. The summed E-state index contributed by atoms with van der Waals surface area (Å²) in [6.07, 6.45) is 3.67. The van der Waals surface area contributed by atoms with E-state index in [1.165, 1.54) is 6.20 Å². The highest BCUT2D eigenvalue weighted by Crippen LogP contribution is 2.40. The summed E-state index contributed by atoms with van der Waals surface area (Å²) in [4.78, 5) is 13.3. The van der Waals surface area contributed by atoms with Crippen molar-refractivity contribution in [1.82, 2.24) is 14.9 Å². The lowest BCUT2D eigenvalue weighted by Crippen LogP contribution is -2.40. The van der Waals surface area contributed by atoms with Gasteiger partial charge in [-0.2, -0.15) is 4.98 Å². The van der Waals surface area contributed by atoms with E-state index in [2.05, 4.69) is 43.6 Å². The molecule has 3 aromatic rings. The molecule has 2 aliphatic rings. The van der Waals surface area contributed by atoms with Crippen LogP contribution in [0.2, 0.25) is 5.02 Å². The van der Waals surface area contributed by atoms with Crippen LogP contribution in [0.25, 0.3) is 0 Å². The maximum atomic E-state index is 12.7. The zero-order valence-electron chi connectivity index (χ0n) is 21.2. The summed E-state index contributed by atoms with van der Waals surface area (Å²) in [7, 11) is -0.416. The summed E-state index contributed by atoms with van der Waals surface area (Å²) in [5, 5.41) is 7.56. The van der Waals surface area contributed by atoms with Gasteiger partial charge >= 0.3 is 0 Å². The van der Waals surface area contributed by atoms with Gasteiger partial charge in [-0.15, -0.1) is 0 Å². The van der Waals surface area contributed by atoms with Crippen LogP contribution in [0.15, 0.2) is 60.6 Å². The van der Waals surface area contributed by atoms with Crippen molar-refractivity contribution < 1.29 is 9.30 Å². The molecule has 0 atom stereocenters. The van der Waals surface area contributed by atoms with Crippen molar-refractivity contribution in [2.24, 2.45) is 0 Å². The topological polar surface area (TPSA) is 82.6 Å². The highest BCUT2D eigenvalue weighted by Gasteiger charge is 2.26. The molecule has 1 aromatic heterocycles. The molecule has 0 bridgehead atoms. The fraction of sp³-hybridized carbons (Fsp3) is 0.308. The zero-order valence-corrected chi connectivity index (χ0v) is 22.9. The molecule has 0 saturated heterocycles. The molecule has 5 rings (SSSR count). The summed E-state index contributed by atoms with van der Waals surface area (Å²) in [6.45, 7) is 9.89. The molecule has 190 valence electrons. The summed E-state index contributed by atoms with van der Waals surface area (Å²) >= 11 is 6.37. The summed E-state index contributed by atoms with van der Waals surface area (Å²) < 4.78 is 18.7. The van der Waals surface area contributed by atoms with Gasteiger partial charge in [0.05, 0.1) is 23.3 Å². The Labute approximate surface area is 217 Å². The number of aromatic nitrogens is 2. The second kappa shape index (κ2) is 10.8. The van der Waals surface area contributed by atoms with E-state index in [1.807, 2.05) is 56.3 Å². The number of benzene rings is 2. The third-order valence-electron chi connectivity index (χ3n) is 5.76. The van der Waals surface area contributed by atoms with Crippen LogP contribution in [0, 0.1) is 0 Å². The van der Waals surface area contributed by atoms with Crippen LogP contribution in [-0.4, -0.2) is 54.9 Å². The van der Waals surface area contributed by atoms with Crippen LogP contribution < -0.4 is 25.6 Å². The molecule has 0 spiro atoms. The van der Waals surface area contributed by atoms with Gasteiger partial charge in [0.1, 0.15) is 24.5 Å². The van der Waals surface area contributed by atoms with E-state index in [0.717, 1.165) is 41.2 Å². The first-order valence-corrected chi connectivity index (χ1v) is 14.9. The molecular weight excluding hydrogens is 495 g/mol. The van der Waals surface area contributed by atoms with E-state index >= 15 is 0 Å². The van der Waals surface area contributed by atoms with Crippen LogP contribution in [0.1, 0.15) is 13.8 Å². The Balaban J connectivity index is 0.00000148. The predicted octanol–water partition coefficient (Wildman–Crippen LogP) is 5.88. The second-order valence-corrected chi connectivity index (χ2v) is 12.3. The van der Waals surface area contributed by atoms with Gasteiger partial charge in [0.25, 0.3) is 0 Å². The van der Waals surface area contributed by atoms with Gasteiger partial charge < -0.3 is 29.7 Å². The largest absolute Gasteiger partial charge is 0.485 e. The normalized spacial score (nSPS) is 14.4. The second-order valence-electron chi connectivity index (χ2n) is 8.73. The van der Waals surface area contributed by atoms with Gasteiger partial charge in [0.15, 0.2) is 5.82 Å². The smallest absolute Gasteiger partial charge is 0.229 e. The van der Waals surface area contributed by atoms with Crippen molar-refractivity contribution in [1.29, 1.82) is 0 Å². The minimum absolute atomic E-state index is 0.366. The fourth-order valence-electron chi connectivity index (χ4n) is 4.08. The van der Waals surface area contributed by atoms with Crippen LogP contribution in [0.4, 0.5) is 28.8 Å². The number of likely N-dealkylation sites (N-methyl/N-ethyl adjacent to an activating group) is 1. The van der Waals surface area contributed by atoms with E-state index in [-0.39, 0.29) is 0 Å². The predicted molar refractivity (Wildman–Crippen MR) is 150 cm³/mol. The van der Waals surface area contributed by atoms with Crippen LogP contribution in [0.5, 0.6) is 5.75 Å². The highest BCUT2D eigenvalue weighted by molar-refractivity contribution is 7.70. The first-order valence-electron chi connectivity index (χ1n) is 11.9. The molecule has 0 saturated carbocycles. The van der Waals surface area contributed by atoms with Crippen molar-refractivity contribution in [3.8, 4) is 5.75 Å². The average Bonchev–Trinajstić information content (AvgIpc) is 2.86. The third-order valence-corrected chi connectivity index (χ3v) is 7.58. The molecule has 0 aliphatic carbocycles. The number of nitrogens with zero attached hydrogens (tertiary/aromatic N) is 4. The number of hydrogen-bond donors (Lipinski definition) is 2. The van der Waals surface area contributed by atoms with E-state index in [9.17, 15) is 4.57 Å². The van der Waals surface area contributed by atoms with Crippen LogP contribution in [-0.2, 0) is 4.57 Å². The quantitative estimate of drug-likeness (QED) is 0.399. The van der Waals surface area contributed by atoms with Gasteiger partial charge in [-0.25, -0.2) is 4.98 Å². The fourth-order valence-corrected chi connectivity index (χ4v) is 5.38. The van der Waals surface area contributed by atoms with Gasteiger partial charge in [0.2, 0.25) is 5.95 Å². The Morgan fingerprint density at radius 1 is 1.08 bits per heavy atom. The monoisotopic (exact) mass is 526 g/mol. The Kier molecular flexibility index (Phi) is 7.76. The molecule has 2 N–H and O–H groups in total. The number of rotatable bonds is 5. The number of nitrogens with one attached hydrogen (secondary N) is 2. The Bertz CT molecular complexity index is 1330. The molecule has 0 radical (unpaired) electrons. The standard InChI is InChI=1S/C24H26ClN6O2P.C2H6/c1-30-10-11-31-17(14-30)15-33-21-12-16(8-9-20(21)31)27-24-26-13-18(25)23(29-24)28-19-6-4-5-7-22(19)34(2,3)32;1-2/h4-9,12-14H,10-11,15H2,1-3H3,(H2,26,27,28,29);1-2H3. The number of hydrogen-bond acceptors (Lipinski definition) is 8. The number of anilines is 5. The summed E-state index contributed by atoms with van der Waals surface area (Å²) in [5.41, 5.74) is 3.72. The van der Waals surface area contributed by atoms with Crippen molar-refractivity contribution in [2.45, 2.75) is 13.8 Å². The highest BCUT2D eigenvalue weighted by atomic mass is 35.5. The molecule has 2 aromatic carbocycles. The maximum Gasteiger partial charge on any atom is 0.229 e. The first-order chi connectivity index (χ1) is 17.3. The van der Waals surface area contributed by atoms with Gasteiger partial charge in [-0.3, -0.25) is 0 Å².